The van der Waals surface area contributed by atoms with Crippen molar-refractivity contribution in [3.05, 3.63) is 56.5 Å². The van der Waals surface area contributed by atoms with Crippen molar-refractivity contribution < 1.29 is 14.3 Å². The molecule has 0 aliphatic rings. The van der Waals surface area contributed by atoms with Gasteiger partial charge in [-0.05, 0) is 37.3 Å². The Balaban J connectivity index is 2.06. The molecule has 1 atom stereocenters. The lowest BCUT2D eigenvalue weighted by Crippen LogP contribution is -2.18. The Labute approximate surface area is 125 Å². The van der Waals surface area contributed by atoms with Gasteiger partial charge in [0.1, 0.15) is 5.82 Å². The molecule has 0 saturated heterocycles. The van der Waals surface area contributed by atoms with Crippen LogP contribution in [0.5, 0.6) is 0 Å². The molecule has 6 heteroatoms. The van der Waals surface area contributed by atoms with Gasteiger partial charge in [-0.1, -0.05) is 11.6 Å². The minimum atomic E-state index is -1.07. The summed E-state index contributed by atoms with van der Waals surface area (Å²) in [6, 6.07) is 7.51. The van der Waals surface area contributed by atoms with Crippen LogP contribution in [0, 0.1) is 5.82 Å². The van der Waals surface area contributed by atoms with Crippen molar-refractivity contribution in [3.8, 4) is 0 Å². The first-order chi connectivity index (χ1) is 9.47. The molecule has 0 aliphatic heterocycles. The predicted octanol–water partition coefficient (Wildman–Crippen LogP) is 4.09. The standard InChI is InChI=1S/C14H13ClFNO2S/c1-8(12-4-5-13(15)20-12)17-7-10-6-9(14(18)19)2-3-11(10)16/h2-6,8,17H,7H2,1H3,(H,18,19). The maximum Gasteiger partial charge on any atom is 0.335 e. The Morgan fingerprint density at radius 2 is 2.20 bits per heavy atom. The summed E-state index contributed by atoms with van der Waals surface area (Å²) >= 11 is 7.33. The molecule has 0 bridgehead atoms. The van der Waals surface area contributed by atoms with Crippen LogP contribution in [0.25, 0.3) is 0 Å². The van der Waals surface area contributed by atoms with Crippen molar-refractivity contribution in [3.63, 3.8) is 0 Å². The molecule has 1 heterocycles. The molecule has 106 valence electrons. The Bertz CT molecular complexity index is 629. The highest BCUT2D eigenvalue weighted by Crippen LogP contribution is 2.26. The molecular formula is C14H13ClFNO2S. The summed E-state index contributed by atoms with van der Waals surface area (Å²) in [6.07, 6.45) is 0. The summed E-state index contributed by atoms with van der Waals surface area (Å²) in [7, 11) is 0. The van der Waals surface area contributed by atoms with E-state index in [1.165, 1.54) is 29.5 Å². The van der Waals surface area contributed by atoms with Gasteiger partial charge >= 0.3 is 5.97 Å². The lowest BCUT2D eigenvalue weighted by molar-refractivity contribution is 0.0696. The third-order valence-electron chi connectivity index (χ3n) is 2.91. The lowest BCUT2D eigenvalue weighted by Gasteiger charge is -2.13. The third kappa shape index (κ3) is 3.56. The second-order valence-electron chi connectivity index (χ2n) is 4.36. The Morgan fingerprint density at radius 1 is 1.45 bits per heavy atom. The molecule has 1 unspecified atom stereocenters. The van der Waals surface area contributed by atoms with E-state index in [4.69, 9.17) is 16.7 Å². The summed E-state index contributed by atoms with van der Waals surface area (Å²) < 4.78 is 14.3. The van der Waals surface area contributed by atoms with E-state index < -0.39 is 11.8 Å². The lowest BCUT2D eigenvalue weighted by atomic mass is 10.1. The summed E-state index contributed by atoms with van der Waals surface area (Å²) in [5.41, 5.74) is 0.412. The van der Waals surface area contributed by atoms with Crippen LogP contribution in [-0.4, -0.2) is 11.1 Å². The number of halogens is 2. The van der Waals surface area contributed by atoms with Gasteiger partial charge in [-0.2, -0.15) is 0 Å². The molecule has 0 fully saturated rings. The number of benzene rings is 1. The fraction of sp³-hybridized carbons (Fsp3) is 0.214. The number of carboxylic acid groups (broad SMARTS) is 1. The molecule has 3 nitrogen and oxygen atoms in total. The summed E-state index contributed by atoms with van der Waals surface area (Å²) in [5, 5.41) is 12.1. The van der Waals surface area contributed by atoms with Crippen molar-refractivity contribution >= 4 is 28.9 Å². The zero-order chi connectivity index (χ0) is 14.7. The molecule has 0 saturated carbocycles. The molecule has 2 rings (SSSR count). The molecule has 0 spiro atoms. The van der Waals surface area contributed by atoms with E-state index in [1.807, 2.05) is 19.1 Å². The maximum absolute atomic E-state index is 13.6. The molecular weight excluding hydrogens is 301 g/mol. The first kappa shape index (κ1) is 15.0. The molecule has 20 heavy (non-hydrogen) atoms. The molecule has 0 amide bonds. The zero-order valence-corrected chi connectivity index (χ0v) is 12.3. The molecule has 1 aromatic carbocycles. The van der Waals surface area contributed by atoms with Crippen LogP contribution in [0.1, 0.15) is 33.8 Å². The van der Waals surface area contributed by atoms with E-state index in [0.29, 0.717) is 9.90 Å². The second-order valence-corrected chi connectivity index (χ2v) is 6.10. The summed E-state index contributed by atoms with van der Waals surface area (Å²) in [6.45, 7) is 2.20. The molecule has 2 aromatic rings. The monoisotopic (exact) mass is 313 g/mol. The van der Waals surface area contributed by atoms with Crippen LogP contribution in [0.15, 0.2) is 30.3 Å². The molecule has 2 N–H and O–H groups in total. The maximum atomic E-state index is 13.6. The van der Waals surface area contributed by atoms with Crippen LogP contribution in [-0.2, 0) is 6.54 Å². The quantitative estimate of drug-likeness (QED) is 0.874. The molecule has 0 aliphatic carbocycles. The van der Waals surface area contributed by atoms with Crippen LogP contribution < -0.4 is 5.32 Å². The van der Waals surface area contributed by atoms with Gasteiger partial charge in [-0.3, -0.25) is 0 Å². The number of carboxylic acids is 1. The van der Waals surface area contributed by atoms with E-state index in [1.54, 1.807) is 0 Å². The zero-order valence-electron chi connectivity index (χ0n) is 10.7. The van der Waals surface area contributed by atoms with Crippen LogP contribution in [0.3, 0.4) is 0 Å². The van der Waals surface area contributed by atoms with Crippen LogP contribution in [0.2, 0.25) is 4.34 Å². The molecule has 1 aromatic heterocycles. The summed E-state index contributed by atoms with van der Waals surface area (Å²) in [5.74, 6) is -1.48. The van der Waals surface area contributed by atoms with Gasteiger partial charge < -0.3 is 10.4 Å². The van der Waals surface area contributed by atoms with E-state index in [9.17, 15) is 9.18 Å². The van der Waals surface area contributed by atoms with E-state index in [0.717, 1.165) is 4.88 Å². The topological polar surface area (TPSA) is 49.3 Å². The minimum absolute atomic E-state index is 0.0142. The average molecular weight is 314 g/mol. The van der Waals surface area contributed by atoms with Gasteiger partial charge in [-0.25, -0.2) is 9.18 Å². The van der Waals surface area contributed by atoms with Crippen molar-refractivity contribution in [1.29, 1.82) is 0 Å². The predicted molar refractivity (Wildman–Crippen MR) is 77.9 cm³/mol. The number of carbonyl (C=O) groups is 1. The van der Waals surface area contributed by atoms with Crippen molar-refractivity contribution in [2.24, 2.45) is 0 Å². The van der Waals surface area contributed by atoms with Crippen LogP contribution >= 0.6 is 22.9 Å². The first-order valence-corrected chi connectivity index (χ1v) is 7.17. The average Bonchev–Trinajstić information content (AvgIpc) is 2.84. The number of nitrogens with one attached hydrogen (secondary N) is 1. The largest absolute Gasteiger partial charge is 0.478 e. The van der Waals surface area contributed by atoms with Gasteiger partial charge in [-0.15, -0.1) is 11.3 Å². The van der Waals surface area contributed by atoms with E-state index in [-0.39, 0.29) is 18.2 Å². The van der Waals surface area contributed by atoms with Crippen LogP contribution in [0.4, 0.5) is 4.39 Å². The van der Waals surface area contributed by atoms with Crippen molar-refractivity contribution in [2.75, 3.05) is 0 Å². The third-order valence-corrected chi connectivity index (χ3v) is 4.33. The van der Waals surface area contributed by atoms with Gasteiger partial charge in [0.2, 0.25) is 0 Å². The van der Waals surface area contributed by atoms with Gasteiger partial charge in [0.25, 0.3) is 0 Å². The smallest absolute Gasteiger partial charge is 0.335 e. The number of hydrogen-bond acceptors (Lipinski definition) is 3. The van der Waals surface area contributed by atoms with Crippen molar-refractivity contribution in [1.82, 2.24) is 5.32 Å². The van der Waals surface area contributed by atoms with E-state index in [2.05, 4.69) is 5.32 Å². The highest BCUT2D eigenvalue weighted by Gasteiger charge is 2.11. The normalized spacial score (nSPS) is 12.3. The van der Waals surface area contributed by atoms with Gasteiger partial charge in [0.15, 0.2) is 0 Å². The Kier molecular flexibility index (Phi) is 4.75. The van der Waals surface area contributed by atoms with E-state index >= 15 is 0 Å². The Hall–Kier alpha value is -1.43. The van der Waals surface area contributed by atoms with Crippen molar-refractivity contribution in [2.45, 2.75) is 19.5 Å². The van der Waals surface area contributed by atoms with Gasteiger partial charge in [0.05, 0.1) is 9.90 Å². The summed E-state index contributed by atoms with van der Waals surface area (Å²) in [4.78, 5) is 11.9. The number of thiophene rings is 1. The minimum Gasteiger partial charge on any atom is -0.478 e. The fourth-order valence-corrected chi connectivity index (χ4v) is 2.86. The number of rotatable bonds is 5. The number of hydrogen-bond donors (Lipinski definition) is 2. The van der Waals surface area contributed by atoms with Gasteiger partial charge in [0, 0.05) is 23.0 Å². The SMILES string of the molecule is CC(NCc1cc(C(=O)O)ccc1F)c1ccc(Cl)s1. The first-order valence-electron chi connectivity index (χ1n) is 5.97. The Morgan fingerprint density at radius 3 is 2.80 bits per heavy atom. The number of aromatic carboxylic acids is 1. The molecule has 0 radical (unpaired) electrons. The highest BCUT2D eigenvalue weighted by molar-refractivity contribution is 7.16. The fourth-order valence-electron chi connectivity index (χ4n) is 1.77. The highest BCUT2D eigenvalue weighted by atomic mass is 35.5. The second kappa shape index (κ2) is 6.35.